The van der Waals surface area contributed by atoms with E-state index in [4.69, 9.17) is 5.11 Å². The highest BCUT2D eigenvalue weighted by atomic mass is 32.2. The van der Waals surface area contributed by atoms with E-state index in [0.717, 1.165) is 10.5 Å². The number of sulfone groups is 1. The van der Waals surface area contributed by atoms with Gasteiger partial charge in [-0.15, -0.1) is 4.41 Å². The first-order valence-corrected chi connectivity index (χ1v) is 10.6. The van der Waals surface area contributed by atoms with Gasteiger partial charge in [0.1, 0.15) is 0 Å². The lowest BCUT2D eigenvalue weighted by Crippen LogP contribution is -2.53. The van der Waals surface area contributed by atoms with Crippen LogP contribution in [0.3, 0.4) is 0 Å². The Hall–Kier alpha value is -1.53. The monoisotopic (exact) mass is 392 g/mol. The van der Waals surface area contributed by atoms with Gasteiger partial charge < -0.3 is 10.2 Å². The number of nitrogens with zero attached hydrogens (tertiary/aromatic N) is 2. The lowest BCUT2D eigenvalue weighted by atomic mass is 10.1. The van der Waals surface area contributed by atoms with Crippen molar-refractivity contribution in [1.82, 2.24) is 9.42 Å². The average molecular weight is 392 g/mol. The number of aliphatic hydroxyl groups is 1. The second-order valence-corrected chi connectivity index (χ2v) is 10.0. The molecule has 0 amide bonds. The van der Waals surface area contributed by atoms with Crippen LogP contribution in [0.15, 0.2) is 23.1 Å². The van der Waals surface area contributed by atoms with Gasteiger partial charge in [0, 0.05) is 14.1 Å². The zero-order valence-electron chi connectivity index (χ0n) is 13.9. The molecule has 0 unspecified atom stereocenters. The number of benzene rings is 1. The Bertz CT molecular complexity index is 894. The Morgan fingerprint density at radius 3 is 2.28 bits per heavy atom. The molecule has 1 aromatic rings. The molecule has 1 fully saturated rings. The average Bonchev–Trinajstić information content (AvgIpc) is 2.71. The van der Waals surface area contributed by atoms with E-state index in [1.807, 2.05) is 0 Å². The molecule has 0 aliphatic carbocycles. The van der Waals surface area contributed by atoms with Gasteiger partial charge in [-0.1, -0.05) is 6.07 Å². The summed E-state index contributed by atoms with van der Waals surface area (Å²) in [4.78, 5) is 10.9. The lowest BCUT2D eigenvalue weighted by Gasteiger charge is -2.34. The highest BCUT2D eigenvalue weighted by Gasteiger charge is 2.46. The zero-order valence-corrected chi connectivity index (χ0v) is 15.6. The molecular formula is C14H20N2O7S2. The van der Waals surface area contributed by atoms with Crippen molar-refractivity contribution >= 4 is 25.8 Å². The van der Waals surface area contributed by atoms with Crippen LogP contribution >= 0.6 is 0 Å². The van der Waals surface area contributed by atoms with Crippen molar-refractivity contribution in [2.45, 2.75) is 24.0 Å². The van der Waals surface area contributed by atoms with Crippen LogP contribution in [-0.2, 0) is 19.9 Å². The third-order valence-electron chi connectivity index (χ3n) is 3.93. The number of carbonyl (C=O) groups is 1. The highest BCUT2D eigenvalue weighted by molar-refractivity contribution is 7.92. The van der Waals surface area contributed by atoms with E-state index in [-0.39, 0.29) is 10.5 Å². The number of aliphatic hydroxyl groups excluding tert-OH is 1. The topological polar surface area (TPSA) is 132 Å². The zero-order chi connectivity index (χ0) is 19.2. The van der Waals surface area contributed by atoms with Crippen LogP contribution in [0.5, 0.6) is 0 Å². The lowest BCUT2D eigenvalue weighted by molar-refractivity contribution is 0.0271. The second kappa shape index (κ2) is 6.65. The largest absolute Gasteiger partial charge is 0.478 e. The van der Waals surface area contributed by atoms with Crippen molar-refractivity contribution in [3.05, 3.63) is 29.3 Å². The molecule has 0 saturated carbocycles. The number of hydrazine groups is 1. The summed E-state index contributed by atoms with van der Waals surface area (Å²) in [6.45, 7) is 1.51. The van der Waals surface area contributed by atoms with E-state index in [1.54, 1.807) is 0 Å². The molecule has 1 saturated heterocycles. The maximum Gasteiger partial charge on any atom is 0.335 e. The van der Waals surface area contributed by atoms with Crippen LogP contribution in [0.1, 0.15) is 15.9 Å². The van der Waals surface area contributed by atoms with Crippen LogP contribution in [-0.4, -0.2) is 80.2 Å². The Labute approximate surface area is 146 Å². The molecule has 1 aliphatic heterocycles. The summed E-state index contributed by atoms with van der Waals surface area (Å²) in [5.74, 6) is -2.31. The minimum Gasteiger partial charge on any atom is -0.478 e. The number of sulfonamides is 1. The van der Waals surface area contributed by atoms with E-state index < -0.39 is 49.5 Å². The van der Waals surface area contributed by atoms with Crippen molar-refractivity contribution in [1.29, 1.82) is 0 Å². The molecule has 25 heavy (non-hydrogen) atoms. The maximum absolute atomic E-state index is 13.1. The van der Waals surface area contributed by atoms with Gasteiger partial charge in [0.25, 0.3) is 10.0 Å². The summed E-state index contributed by atoms with van der Waals surface area (Å²) in [5, 5.41) is 20.3. The fraction of sp³-hybridized carbons (Fsp3) is 0.500. The Kier molecular flexibility index (Phi) is 5.26. The molecule has 140 valence electrons. The molecule has 11 heteroatoms. The maximum atomic E-state index is 13.1. The first-order valence-electron chi connectivity index (χ1n) is 7.31. The first-order chi connectivity index (χ1) is 11.4. The number of hydrogen-bond acceptors (Lipinski definition) is 7. The van der Waals surface area contributed by atoms with Gasteiger partial charge in [0.15, 0.2) is 9.84 Å². The minimum absolute atomic E-state index is 0.206. The van der Waals surface area contributed by atoms with E-state index in [0.29, 0.717) is 5.56 Å². The van der Waals surface area contributed by atoms with Crippen molar-refractivity contribution in [2.75, 3.05) is 25.6 Å². The summed E-state index contributed by atoms with van der Waals surface area (Å²) in [6.07, 6.45) is -1.37. The van der Waals surface area contributed by atoms with Crippen LogP contribution in [0, 0.1) is 6.92 Å². The Morgan fingerprint density at radius 1 is 1.24 bits per heavy atom. The van der Waals surface area contributed by atoms with Gasteiger partial charge in [-0.3, -0.25) is 0 Å². The molecule has 0 aromatic heterocycles. The van der Waals surface area contributed by atoms with Gasteiger partial charge >= 0.3 is 5.97 Å². The summed E-state index contributed by atoms with van der Waals surface area (Å²) < 4.78 is 50.5. The van der Waals surface area contributed by atoms with Gasteiger partial charge in [0.05, 0.1) is 34.1 Å². The quantitative estimate of drug-likeness (QED) is 0.630. The minimum atomic E-state index is -4.28. The van der Waals surface area contributed by atoms with Gasteiger partial charge in [-0.2, -0.15) is 0 Å². The van der Waals surface area contributed by atoms with E-state index >= 15 is 0 Å². The molecule has 2 atom stereocenters. The van der Waals surface area contributed by atoms with Crippen molar-refractivity contribution in [3.8, 4) is 0 Å². The summed E-state index contributed by atoms with van der Waals surface area (Å²) in [6, 6.07) is 2.49. The predicted octanol–water partition coefficient (Wildman–Crippen LogP) is -0.682. The molecule has 1 aromatic carbocycles. The van der Waals surface area contributed by atoms with Crippen molar-refractivity contribution < 1.29 is 31.8 Å². The van der Waals surface area contributed by atoms with Crippen LogP contribution in [0.2, 0.25) is 0 Å². The molecule has 0 bridgehead atoms. The number of rotatable bonds is 5. The number of aromatic carboxylic acids is 1. The summed E-state index contributed by atoms with van der Waals surface area (Å²) in [7, 11) is -5.04. The van der Waals surface area contributed by atoms with Gasteiger partial charge in [-0.25, -0.2) is 26.6 Å². The normalized spacial score (nSPS) is 23.3. The fourth-order valence-corrected chi connectivity index (χ4v) is 6.63. The molecule has 0 spiro atoms. The number of hydrogen-bond donors (Lipinski definition) is 2. The van der Waals surface area contributed by atoms with Crippen LogP contribution < -0.4 is 0 Å². The number of aryl methyl sites for hydroxylation is 1. The standard InChI is InChI=1S/C14H20N2O7S2/c1-9-4-5-10(14(18)19)6-13(9)25(22,23)16(15(2)3)11-7-24(20,21)8-12(11)17/h4-6,11-12,17H,7-8H2,1-3H3,(H,18,19)/t11-,12-/m0/s1. The number of carboxylic acids is 1. The van der Waals surface area contributed by atoms with Gasteiger partial charge in [0.2, 0.25) is 0 Å². The van der Waals surface area contributed by atoms with Crippen LogP contribution in [0.4, 0.5) is 0 Å². The summed E-state index contributed by atoms with van der Waals surface area (Å²) in [5.41, 5.74) is 0.106. The Balaban J connectivity index is 2.59. The first kappa shape index (κ1) is 19.8. The van der Waals surface area contributed by atoms with Crippen molar-refractivity contribution in [2.24, 2.45) is 0 Å². The molecule has 1 aliphatic rings. The van der Waals surface area contributed by atoms with E-state index in [9.17, 15) is 26.7 Å². The molecule has 2 N–H and O–H groups in total. The van der Waals surface area contributed by atoms with E-state index in [2.05, 4.69) is 0 Å². The van der Waals surface area contributed by atoms with E-state index in [1.165, 1.54) is 38.2 Å². The SMILES string of the molecule is Cc1ccc(C(=O)O)cc1S(=O)(=O)N([C@H]1CS(=O)(=O)C[C@@H]1O)N(C)C. The molecule has 2 rings (SSSR count). The summed E-state index contributed by atoms with van der Waals surface area (Å²) >= 11 is 0. The third-order valence-corrected chi connectivity index (χ3v) is 7.72. The van der Waals surface area contributed by atoms with Crippen LogP contribution in [0.25, 0.3) is 0 Å². The Morgan fingerprint density at radius 2 is 1.84 bits per heavy atom. The van der Waals surface area contributed by atoms with Gasteiger partial charge in [-0.05, 0) is 24.6 Å². The third kappa shape index (κ3) is 3.85. The second-order valence-electron chi connectivity index (χ2n) is 6.12. The smallest absolute Gasteiger partial charge is 0.335 e. The predicted molar refractivity (Wildman–Crippen MR) is 89.3 cm³/mol. The molecule has 0 radical (unpaired) electrons. The molecule has 9 nitrogen and oxygen atoms in total. The van der Waals surface area contributed by atoms with Crippen molar-refractivity contribution in [3.63, 3.8) is 0 Å². The highest BCUT2D eigenvalue weighted by Crippen LogP contribution is 2.28. The molecule has 1 heterocycles. The molecular weight excluding hydrogens is 372 g/mol. The number of carboxylic acid groups (broad SMARTS) is 1. The fourth-order valence-electron chi connectivity index (χ4n) is 2.82.